The maximum absolute atomic E-state index is 12.9. The summed E-state index contributed by atoms with van der Waals surface area (Å²) in [6.07, 6.45) is -4.07. The molecule has 276 valence electrons. The predicted octanol–water partition coefficient (Wildman–Crippen LogP) is 8.24. The van der Waals surface area contributed by atoms with E-state index in [-0.39, 0.29) is 22.5 Å². The summed E-state index contributed by atoms with van der Waals surface area (Å²) in [5.74, 6) is 0.922. The first kappa shape index (κ1) is 38.7. The zero-order valence-electron chi connectivity index (χ0n) is 28.7. The van der Waals surface area contributed by atoms with E-state index in [0.717, 1.165) is 80.0 Å². The molecule has 8 nitrogen and oxygen atoms in total. The molecule has 0 unspecified atom stereocenters. The molecule has 52 heavy (non-hydrogen) atoms. The maximum Gasteiger partial charge on any atom is 0.416 e. The number of rotatable bonds is 12. The molecule has 2 aromatic heterocycles. The van der Waals surface area contributed by atoms with Gasteiger partial charge in [-0.2, -0.15) is 13.2 Å². The van der Waals surface area contributed by atoms with E-state index in [1.54, 1.807) is 24.3 Å². The summed E-state index contributed by atoms with van der Waals surface area (Å²) < 4.78 is 77.7. The van der Waals surface area contributed by atoms with Crippen molar-refractivity contribution in [2.45, 2.75) is 25.4 Å². The summed E-state index contributed by atoms with van der Waals surface area (Å²) >= 11 is 0. The van der Waals surface area contributed by atoms with Gasteiger partial charge in [-0.3, -0.25) is 14.6 Å². The number of aryl methyl sites for hydroxylation is 1. The van der Waals surface area contributed by atoms with Crippen LogP contribution in [0, 0.1) is 0 Å². The predicted molar refractivity (Wildman–Crippen MR) is 195 cm³/mol. The van der Waals surface area contributed by atoms with Gasteiger partial charge in [-0.15, -0.1) is 17.0 Å². The molecular weight excluding hydrogens is 749 g/mol. The smallest absolute Gasteiger partial charge is 0.416 e. The molecule has 0 spiro atoms. The van der Waals surface area contributed by atoms with Gasteiger partial charge in [0, 0.05) is 82.1 Å². The highest BCUT2D eigenvalue weighted by Crippen LogP contribution is 2.31. The largest absolute Gasteiger partial charge is 0.485 e. The van der Waals surface area contributed by atoms with Crippen LogP contribution in [0.3, 0.4) is 0 Å². The van der Waals surface area contributed by atoms with Crippen molar-refractivity contribution >= 4 is 39.5 Å². The first-order valence-corrected chi connectivity index (χ1v) is 16.5. The number of carbonyl (C=O) groups excluding carboxylic acids is 1. The monoisotopic (exact) mass is 787 g/mol. The highest BCUT2D eigenvalue weighted by molar-refractivity contribution is 8.93. The van der Waals surface area contributed by atoms with Crippen LogP contribution in [0.4, 0.5) is 27.6 Å². The van der Waals surface area contributed by atoms with Gasteiger partial charge >= 0.3 is 6.18 Å². The summed E-state index contributed by atoms with van der Waals surface area (Å²) in [5, 5.41) is 1.09. The van der Waals surface area contributed by atoms with Gasteiger partial charge in [0.1, 0.15) is 24.8 Å². The fourth-order valence-corrected chi connectivity index (χ4v) is 6.01. The Hall–Kier alpha value is -4.53. The number of fused-ring (bicyclic) bond motifs is 1. The van der Waals surface area contributed by atoms with Gasteiger partial charge in [0.05, 0.1) is 23.0 Å². The van der Waals surface area contributed by atoms with Crippen molar-refractivity contribution in [1.29, 1.82) is 0 Å². The Kier molecular flexibility index (Phi) is 12.6. The van der Waals surface area contributed by atoms with Crippen molar-refractivity contribution in [3.05, 3.63) is 114 Å². The molecule has 3 aromatic carbocycles. The highest BCUT2D eigenvalue weighted by atomic mass is 79.9. The fraction of sp³-hybridized carbons (Fsp3) is 0.316. The van der Waals surface area contributed by atoms with E-state index in [1.165, 1.54) is 23.8 Å². The molecule has 0 atom stereocenters. The first-order valence-electron chi connectivity index (χ1n) is 16.5. The molecule has 1 aliphatic heterocycles. The van der Waals surface area contributed by atoms with Gasteiger partial charge in [0.25, 0.3) is 5.91 Å². The Morgan fingerprint density at radius 1 is 0.846 bits per heavy atom. The number of alkyl halides is 5. The minimum Gasteiger partial charge on any atom is -0.485 e. The quantitative estimate of drug-likeness (QED) is 0.119. The van der Waals surface area contributed by atoms with Crippen molar-refractivity contribution < 1.29 is 36.2 Å². The number of halogens is 6. The standard InChI is InChI=1S/C38H38F5N5O3.BrH/c1-45-31(25-48-17-15-47(16-18-48)24-26-3-11-32(12-4-26)50-34(21-39)22-40)19-28-7-13-33(20-35(28)45)51-36-14-10-30(23-44-36)46(2)37(49)27-5-8-29(9-6-27)38(41,42)43;/h3-14,19-20,23,34H,15-18,21-22,24-25H2,1-2H3;1H. The van der Waals surface area contributed by atoms with E-state index < -0.39 is 37.1 Å². The van der Waals surface area contributed by atoms with E-state index in [2.05, 4.69) is 25.4 Å². The normalized spacial score (nSPS) is 14.0. The average Bonchev–Trinajstić information content (AvgIpc) is 3.45. The number of pyridine rings is 1. The summed E-state index contributed by atoms with van der Waals surface area (Å²) in [7, 11) is 3.56. The second-order valence-electron chi connectivity index (χ2n) is 12.6. The molecule has 0 saturated carbocycles. The summed E-state index contributed by atoms with van der Waals surface area (Å²) in [4.78, 5) is 23.3. The zero-order chi connectivity index (χ0) is 36.1. The molecule has 0 radical (unpaired) electrons. The Morgan fingerprint density at radius 3 is 2.08 bits per heavy atom. The van der Waals surface area contributed by atoms with Crippen LogP contribution in [0.25, 0.3) is 10.9 Å². The molecule has 1 amide bonds. The van der Waals surface area contributed by atoms with Gasteiger partial charge in [-0.05, 0) is 66.2 Å². The number of hydrogen-bond acceptors (Lipinski definition) is 6. The molecule has 1 aliphatic rings. The topological polar surface area (TPSA) is 63.1 Å². The van der Waals surface area contributed by atoms with Crippen molar-refractivity contribution in [3.63, 3.8) is 0 Å². The van der Waals surface area contributed by atoms with E-state index >= 15 is 0 Å². The molecule has 1 saturated heterocycles. The highest BCUT2D eigenvalue weighted by Gasteiger charge is 2.30. The van der Waals surface area contributed by atoms with Gasteiger partial charge in [-0.25, -0.2) is 13.8 Å². The minimum atomic E-state index is -4.48. The van der Waals surface area contributed by atoms with Gasteiger partial charge in [0.2, 0.25) is 5.88 Å². The number of aromatic nitrogens is 2. The van der Waals surface area contributed by atoms with Crippen LogP contribution < -0.4 is 14.4 Å². The van der Waals surface area contributed by atoms with Gasteiger partial charge in [-0.1, -0.05) is 12.1 Å². The van der Waals surface area contributed by atoms with Crippen molar-refractivity contribution in [2.24, 2.45) is 7.05 Å². The average molecular weight is 789 g/mol. The lowest BCUT2D eigenvalue weighted by Crippen LogP contribution is -2.45. The summed E-state index contributed by atoms with van der Waals surface area (Å²) in [6.45, 7) is 3.52. The number of carbonyl (C=O) groups is 1. The molecule has 0 aliphatic carbocycles. The zero-order valence-corrected chi connectivity index (χ0v) is 30.4. The third-order valence-corrected chi connectivity index (χ3v) is 9.04. The molecule has 0 N–H and O–H groups in total. The second kappa shape index (κ2) is 16.9. The number of benzene rings is 3. The molecule has 1 fully saturated rings. The van der Waals surface area contributed by atoms with E-state index in [1.807, 2.05) is 37.4 Å². The molecular formula is C38H39BrF5N5O3. The minimum absolute atomic E-state index is 0. The molecule has 0 bridgehead atoms. The van der Waals surface area contributed by atoms with Crippen LogP contribution in [-0.2, 0) is 26.3 Å². The van der Waals surface area contributed by atoms with Crippen molar-refractivity contribution in [3.8, 4) is 17.4 Å². The third kappa shape index (κ3) is 9.27. The number of anilines is 1. The van der Waals surface area contributed by atoms with Crippen LogP contribution in [0.5, 0.6) is 17.4 Å². The van der Waals surface area contributed by atoms with Crippen LogP contribution in [-0.4, -0.2) is 77.9 Å². The molecule has 5 aromatic rings. The molecule has 14 heteroatoms. The SMILES string of the molecule is Br.CN(C(=O)c1ccc(C(F)(F)F)cc1)c1ccc(Oc2ccc3cc(CN4CCN(Cc5ccc(OC(CF)CF)cc5)CC4)n(C)c3c2)nc1. The third-order valence-electron chi connectivity index (χ3n) is 9.04. The molecule has 6 rings (SSSR count). The van der Waals surface area contributed by atoms with E-state index in [9.17, 15) is 26.7 Å². The number of amides is 1. The Balaban J connectivity index is 0.00000523. The van der Waals surface area contributed by atoms with Crippen LogP contribution >= 0.6 is 17.0 Å². The van der Waals surface area contributed by atoms with E-state index in [0.29, 0.717) is 23.1 Å². The summed E-state index contributed by atoms with van der Waals surface area (Å²) in [5.41, 5.74) is 3.07. The number of ether oxygens (including phenoxy) is 2. The molecule has 3 heterocycles. The van der Waals surface area contributed by atoms with Gasteiger partial charge in [0.15, 0.2) is 6.10 Å². The lowest BCUT2D eigenvalue weighted by molar-refractivity contribution is -0.137. The van der Waals surface area contributed by atoms with Crippen molar-refractivity contribution in [2.75, 3.05) is 51.5 Å². The van der Waals surface area contributed by atoms with Crippen LogP contribution in [0.15, 0.2) is 91.1 Å². The van der Waals surface area contributed by atoms with Crippen LogP contribution in [0.1, 0.15) is 27.2 Å². The van der Waals surface area contributed by atoms with E-state index in [4.69, 9.17) is 9.47 Å². The number of nitrogens with zero attached hydrogens (tertiary/aromatic N) is 5. The first-order chi connectivity index (χ1) is 24.5. The van der Waals surface area contributed by atoms with Crippen molar-refractivity contribution in [1.82, 2.24) is 19.4 Å². The Labute approximate surface area is 309 Å². The van der Waals surface area contributed by atoms with Gasteiger partial charge < -0.3 is 18.9 Å². The number of hydrogen-bond donors (Lipinski definition) is 0. The number of piperazine rings is 1. The summed E-state index contributed by atoms with van der Waals surface area (Å²) in [6, 6.07) is 22.8. The van der Waals surface area contributed by atoms with Crippen LogP contribution in [0.2, 0.25) is 0 Å². The Bertz CT molecular complexity index is 1930. The lowest BCUT2D eigenvalue weighted by atomic mass is 10.1. The maximum atomic E-state index is 12.9. The lowest BCUT2D eigenvalue weighted by Gasteiger charge is -2.34. The fourth-order valence-electron chi connectivity index (χ4n) is 6.01. The Morgan fingerprint density at radius 2 is 1.48 bits per heavy atom. The second-order valence-corrected chi connectivity index (χ2v) is 12.6.